The van der Waals surface area contributed by atoms with E-state index in [0.717, 1.165) is 50.3 Å². The Balaban J connectivity index is 1.45. The van der Waals surface area contributed by atoms with Gasteiger partial charge in [0.15, 0.2) is 0 Å². The lowest BCUT2D eigenvalue weighted by Crippen LogP contribution is -2.50. The van der Waals surface area contributed by atoms with Crippen LogP contribution in [0, 0.1) is 0 Å². The van der Waals surface area contributed by atoms with E-state index in [1.807, 2.05) is 36.4 Å². The van der Waals surface area contributed by atoms with Crippen molar-refractivity contribution in [2.75, 3.05) is 19.6 Å². The summed E-state index contributed by atoms with van der Waals surface area (Å²) in [6.45, 7) is 3.64. The van der Waals surface area contributed by atoms with E-state index in [2.05, 4.69) is 34.5 Å². The van der Waals surface area contributed by atoms with Crippen LogP contribution >= 0.6 is 0 Å². The number of nitrogens with zero attached hydrogens (tertiary/aromatic N) is 1. The van der Waals surface area contributed by atoms with Crippen LogP contribution in [0.5, 0.6) is 5.75 Å². The van der Waals surface area contributed by atoms with Gasteiger partial charge in [-0.1, -0.05) is 60.7 Å². The zero-order valence-corrected chi connectivity index (χ0v) is 17.8. The van der Waals surface area contributed by atoms with Crippen molar-refractivity contribution in [1.29, 1.82) is 0 Å². The fourth-order valence-corrected chi connectivity index (χ4v) is 4.10. The molecule has 1 fully saturated rings. The van der Waals surface area contributed by atoms with E-state index in [9.17, 15) is 13.2 Å². The Bertz CT molecular complexity index is 962. The highest BCUT2D eigenvalue weighted by Crippen LogP contribution is 2.32. The second-order valence-corrected chi connectivity index (χ2v) is 8.15. The average molecular weight is 441 g/mol. The molecule has 1 aliphatic heterocycles. The molecule has 1 saturated heterocycles. The Labute approximate surface area is 186 Å². The summed E-state index contributed by atoms with van der Waals surface area (Å²) in [5.41, 5.74) is 1.62. The molecule has 0 saturated carbocycles. The molecule has 3 aromatic rings. The van der Waals surface area contributed by atoms with Crippen LogP contribution < -0.4 is 10.1 Å². The van der Waals surface area contributed by atoms with E-state index >= 15 is 0 Å². The van der Waals surface area contributed by atoms with Crippen molar-refractivity contribution < 1.29 is 17.9 Å². The fourth-order valence-electron chi connectivity index (χ4n) is 4.10. The highest BCUT2D eigenvalue weighted by Gasteiger charge is 2.30. The Morgan fingerprint density at radius 1 is 0.906 bits per heavy atom. The first-order chi connectivity index (χ1) is 15.5. The fraction of sp³-hybridized carbons (Fsp3) is 0.308. The summed E-state index contributed by atoms with van der Waals surface area (Å²) >= 11 is 0. The first kappa shape index (κ1) is 22.4. The minimum atomic E-state index is -4.36. The van der Waals surface area contributed by atoms with Gasteiger partial charge in [0.25, 0.3) is 0 Å². The number of nitrogens with one attached hydrogen (secondary N) is 1. The van der Waals surface area contributed by atoms with Crippen LogP contribution in [0.1, 0.15) is 29.2 Å². The summed E-state index contributed by atoms with van der Waals surface area (Å²) in [7, 11) is 0. The molecule has 2 atom stereocenters. The van der Waals surface area contributed by atoms with E-state index < -0.39 is 11.7 Å². The molecule has 1 N–H and O–H groups in total. The van der Waals surface area contributed by atoms with Crippen LogP contribution in [0.2, 0.25) is 0 Å². The number of ether oxygens (including phenoxy) is 1. The molecule has 0 amide bonds. The van der Waals surface area contributed by atoms with E-state index in [1.54, 1.807) is 0 Å². The zero-order valence-electron chi connectivity index (χ0n) is 17.8. The number of alkyl halides is 3. The molecule has 0 radical (unpaired) electrons. The van der Waals surface area contributed by atoms with Crippen molar-refractivity contribution in [3.63, 3.8) is 0 Å². The second kappa shape index (κ2) is 10.2. The third-order valence-corrected chi connectivity index (χ3v) is 5.72. The topological polar surface area (TPSA) is 24.5 Å². The van der Waals surface area contributed by atoms with Gasteiger partial charge in [0.05, 0.1) is 5.56 Å². The van der Waals surface area contributed by atoms with Gasteiger partial charge in [0.1, 0.15) is 11.9 Å². The summed E-state index contributed by atoms with van der Waals surface area (Å²) < 4.78 is 44.9. The maximum absolute atomic E-state index is 12.9. The predicted molar refractivity (Wildman–Crippen MR) is 119 cm³/mol. The zero-order chi connectivity index (χ0) is 22.4. The average Bonchev–Trinajstić information content (AvgIpc) is 2.80. The minimum Gasteiger partial charge on any atom is -0.486 e. The molecule has 3 aromatic carbocycles. The van der Waals surface area contributed by atoms with Gasteiger partial charge in [0.2, 0.25) is 0 Å². The molecule has 4 rings (SSSR count). The predicted octanol–water partition coefficient (Wildman–Crippen LogP) is 5.69. The van der Waals surface area contributed by atoms with Crippen LogP contribution in [0.15, 0.2) is 84.9 Å². The van der Waals surface area contributed by atoms with E-state index in [4.69, 9.17) is 4.74 Å². The Morgan fingerprint density at radius 2 is 1.56 bits per heavy atom. The minimum absolute atomic E-state index is 0.215. The lowest BCUT2D eigenvalue weighted by molar-refractivity contribution is -0.137. The summed E-state index contributed by atoms with van der Waals surface area (Å²) in [5, 5.41) is 3.58. The van der Waals surface area contributed by atoms with Crippen molar-refractivity contribution in [1.82, 2.24) is 10.2 Å². The van der Waals surface area contributed by atoms with Crippen LogP contribution in [0.3, 0.4) is 0 Å². The van der Waals surface area contributed by atoms with Crippen molar-refractivity contribution >= 4 is 0 Å². The molecule has 32 heavy (non-hydrogen) atoms. The van der Waals surface area contributed by atoms with Gasteiger partial charge >= 0.3 is 6.18 Å². The van der Waals surface area contributed by atoms with Gasteiger partial charge in [-0.2, -0.15) is 13.2 Å². The van der Waals surface area contributed by atoms with Gasteiger partial charge in [-0.3, -0.25) is 4.90 Å². The van der Waals surface area contributed by atoms with Gasteiger partial charge in [-0.25, -0.2) is 0 Å². The highest BCUT2D eigenvalue weighted by molar-refractivity contribution is 5.30. The van der Waals surface area contributed by atoms with Gasteiger partial charge in [0, 0.05) is 38.6 Å². The number of rotatable bonds is 7. The summed E-state index contributed by atoms with van der Waals surface area (Å²) in [6.07, 6.45) is -3.90. The van der Waals surface area contributed by atoms with Crippen molar-refractivity contribution in [3.05, 3.63) is 102 Å². The molecule has 2 unspecified atom stereocenters. The van der Waals surface area contributed by atoms with Crippen molar-refractivity contribution in [2.45, 2.75) is 31.3 Å². The number of hydrogen-bond acceptors (Lipinski definition) is 3. The highest BCUT2D eigenvalue weighted by atomic mass is 19.4. The maximum atomic E-state index is 12.9. The summed E-state index contributed by atoms with van der Waals surface area (Å²) in [4.78, 5) is 2.43. The van der Waals surface area contributed by atoms with Crippen molar-refractivity contribution in [2.24, 2.45) is 0 Å². The second-order valence-electron chi connectivity index (χ2n) is 8.15. The van der Waals surface area contributed by atoms with Gasteiger partial charge < -0.3 is 10.1 Å². The van der Waals surface area contributed by atoms with E-state index in [0.29, 0.717) is 5.75 Å². The van der Waals surface area contributed by atoms with Gasteiger partial charge in [-0.05, 0) is 35.4 Å². The number of benzene rings is 3. The van der Waals surface area contributed by atoms with Crippen LogP contribution in [0.25, 0.3) is 0 Å². The summed E-state index contributed by atoms with van der Waals surface area (Å²) in [6, 6.07) is 25.4. The standard InChI is InChI=1S/C26H27F3N2O/c27-26(28,29)22-11-13-24(14-12-22)32-25(21-9-5-2-6-10-21)17-23-19-31(16-15-30-23)18-20-7-3-1-4-8-20/h1-14,23,25,30H,15-19H2. The lowest BCUT2D eigenvalue weighted by Gasteiger charge is -2.35. The Morgan fingerprint density at radius 3 is 2.22 bits per heavy atom. The lowest BCUT2D eigenvalue weighted by atomic mass is 10.00. The monoisotopic (exact) mass is 440 g/mol. The molecule has 168 valence electrons. The molecule has 1 heterocycles. The smallest absolute Gasteiger partial charge is 0.416 e. The van der Waals surface area contributed by atoms with Crippen LogP contribution in [0.4, 0.5) is 13.2 Å². The van der Waals surface area contributed by atoms with Crippen molar-refractivity contribution in [3.8, 4) is 5.75 Å². The molecule has 0 spiro atoms. The quantitative estimate of drug-likeness (QED) is 0.511. The normalized spacial score (nSPS) is 18.3. The first-order valence-corrected chi connectivity index (χ1v) is 10.9. The third-order valence-electron chi connectivity index (χ3n) is 5.72. The number of halogens is 3. The SMILES string of the molecule is FC(F)(F)c1ccc(OC(CC2CN(Cc3ccccc3)CCN2)c2ccccc2)cc1. The molecule has 0 aliphatic carbocycles. The van der Waals surface area contributed by atoms with Crippen LogP contribution in [-0.2, 0) is 12.7 Å². The molecule has 3 nitrogen and oxygen atoms in total. The first-order valence-electron chi connectivity index (χ1n) is 10.9. The number of hydrogen-bond donors (Lipinski definition) is 1. The molecule has 0 bridgehead atoms. The number of piperazine rings is 1. The Kier molecular flexibility index (Phi) is 7.12. The molecule has 1 aliphatic rings. The third kappa shape index (κ3) is 6.11. The summed E-state index contributed by atoms with van der Waals surface area (Å²) in [5.74, 6) is 0.434. The van der Waals surface area contributed by atoms with E-state index in [1.165, 1.54) is 17.7 Å². The van der Waals surface area contributed by atoms with Gasteiger partial charge in [-0.15, -0.1) is 0 Å². The van der Waals surface area contributed by atoms with E-state index in [-0.39, 0.29) is 12.1 Å². The molecule has 6 heteroatoms. The molecular weight excluding hydrogens is 413 g/mol. The molecule has 0 aromatic heterocycles. The maximum Gasteiger partial charge on any atom is 0.416 e. The largest absolute Gasteiger partial charge is 0.486 e. The Hall–Kier alpha value is -2.83. The van der Waals surface area contributed by atoms with Crippen LogP contribution in [-0.4, -0.2) is 30.6 Å². The molecular formula is C26H27F3N2O.